The van der Waals surface area contributed by atoms with Crippen LogP contribution in [0.4, 0.5) is 11.6 Å². The highest BCUT2D eigenvalue weighted by atomic mass is 32.1. The van der Waals surface area contributed by atoms with Crippen LogP contribution in [0.25, 0.3) is 11.0 Å². The lowest BCUT2D eigenvalue weighted by molar-refractivity contribution is -0.127. The maximum atomic E-state index is 13.0. The predicted octanol–water partition coefficient (Wildman–Crippen LogP) is 4.51. The van der Waals surface area contributed by atoms with Gasteiger partial charge in [-0.05, 0) is 55.3 Å². The van der Waals surface area contributed by atoms with Crippen molar-refractivity contribution >= 4 is 51.7 Å². The molecular weight excluding hydrogens is 500 g/mol. The zero-order chi connectivity index (χ0) is 26.6. The van der Waals surface area contributed by atoms with Crippen LogP contribution in [0.2, 0.25) is 0 Å². The van der Waals surface area contributed by atoms with Crippen molar-refractivity contribution in [1.29, 1.82) is 5.26 Å². The van der Waals surface area contributed by atoms with E-state index in [9.17, 15) is 14.4 Å². The molecule has 5 rings (SSSR count). The average molecular weight is 527 g/mol. The minimum atomic E-state index is -0.348. The van der Waals surface area contributed by atoms with E-state index >= 15 is 0 Å². The molecule has 192 valence electrons. The van der Waals surface area contributed by atoms with Gasteiger partial charge in [-0.15, -0.1) is 11.3 Å². The van der Waals surface area contributed by atoms with Crippen LogP contribution in [0.1, 0.15) is 44.2 Å². The molecule has 2 aromatic heterocycles. The number of likely N-dealkylation sites (tertiary alicyclic amines) is 1. The van der Waals surface area contributed by atoms with E-state index in [1.807, 2.05) is 51.9 Å². The highest BCUT2D eigenvalue weighted by molar-refractivity contribution is 7.14. The number of nitriles is 1. The molecule has 1 N–H and O–H groups in total. The van der Waals surface area contributed by atoms with Crippen LogP contribution < -0.4 is 10.2 Å². The number of carbonyl (C=O) groups is 3. The average Bonchev–Trinajstić information content (AvgIpc) is 3.67. The van der Waals surface area contributed by atoms with Gasteiger partial charge in [-0.2, -0.15) is 5.26 Å². The molecule has 38 heavy (non-hydrogen) atoms. The third-order valence-electron chi connectivity index (χ3n) is 6.59. The van der Waals surface area contributed by atoms with Gasteiger partial charge in [0.25, 0.3) is 11.8 Å². The van der Waals surface area contributed by atoms with Crippen molar-refractivity contribution in [3.63, 3.8) is 0 Å². The molecule has 0 radical (unpaired) electrons. The molecule has 0 saturated carbocycles. The Labute approximate surface area is 223 Å². The third-order valence-corrected chi connectivity index (χ3v) is 7.58. The summed E-state index contributed by atoms with van der Waals surface area (Å²) >= 11 is 1.12. The predicted molar refractivity (Wildman–Crippen MR) is 146 cm³/mol. The van der Waals surface area contributed by atoms with Gasteiger partial charge in [-0.1, -0.05) is 18.2 Å². The molecule has 1 saturated heterocycles. The van der Waals surface area contributed by atoms with E-state index in [0.717, 1.165) is 29.8 Å². The number of aryl methyl sites for hydroxylation is 1. The van der Waals surface area contributed by atoms with E-state index in [1.54, 1.807) is 36.2 Å². The Kier molecular flexibility index (Phi) is 7.20. The van der Waals surface area contributed by atoms with Gasteiger partial charge in [0.2, 0.25) is 11.9 Å². The first-order valence-electron chi connectivity index (χ1n) is 12.4. The number of hydrogen-bond donors (Lipinski definition) is 1. The number of imidazole rings is 1. The molecular formula is C28H26N6O3S. The molecule has 3 amide bonds. The maximum absolute atomic E-state index is 13.0. The first kappa shape index (κ1) is 25.2. The molecule has 1 aliphatic heterocycles. The fourth-order valence-corrected chi connectivity index (χ4v) is 5.28. The lowest BCUT2D eigenvalue weighted by Crippen LogP contribution is -2.26. The van der Waals surface area contributed by atoms with Crippen LogP contribution >= 0.6 is 11.3 Å². The number of benzene rings is 2. The standard InChI is InChI=1S/C28H26N6O3S/c1-32(27(37)19-7-3-2-4-8-19)20-10-12-23-22(17-20)30-28(31-26(36)24-13-11-21(18-29)38-24)34(23)16-6-15-33-14-5-9-25(33)35/h2-4,7-8,10-13,17H,5-6,9,14-16H2,1H3,(H,30,31,36). The monoisotopic (exact) mass is 526 g/mol. The van der Waals surface area contributed by atoms with E-state index in [4.69, 9.17) is 10.2 Å². The summed E-state index contributed by atoms with van der Waals surface area (Å²) in [5.41, 5.74) is 2.69. The number of carbonyl (C=O) groups excluding carboxylic acids is 3. The highest BCUT2D eigenvalue weighted by Gasteiger charge is 2.21. The molecule has 0 atom stereocenters. The first-order valence-corrected chi connectivity index (χ1v) is 13.2. The topological polar surface area (TPSA) is 111 Å². The molecule has 1 aliphatic rings. The van der Waals surface area contributed by atoms with Gasteiger partial charge in [0.1, 0.15) is 10.9 Å². The number of rotatable bonds is 8. The van der Waals surface area contributed by atoms with E-state index < -0.39 is 0 Å². The molecule has 10 heteroatoms. The summed E-state index contributed by atoms with van der Waals surface area (Å²) in [6, 6.07) is 19.9. The van der Waals surface area contributed by atoms with Gasteiger partial charge in [0, 0.05) is 44.4 Å². The summed E-state index contributed by atoms with van der Waals surface area (Å²) in [7, 11) is 1.72. The van der Waals surface area contributed by atoms with Crippen molar-refractivity contribution in [2.75, 3.05) is 30.4 Å². The minimum Gasteiger partial charge on any atom is -0.343 e. The van der Waals surface area contributed by atoms with E-state index in [1.165, 1.54) is 0 Å². The van der Waals surface area contributed by atoms with Crippen molar-refractivity contribution in [3.05, 3.63) is 76.0 Å². The highest BCUT2D eigenvalue weighted by Crippen LogP contribution is 2.27. The zero-order valence-corrected chi connectivity index (χ0v) is 21.7. The lowest BCUT2D eigenvalue weighted by Gasteiger charge is -2.18. The second-order valence-electron chi connectivity index (χ2n) is 9.06. The number of fused-ring (bicyclic) bond motifs is 1. The molecule has 4 aromatic rings. The number of aromatic nitrogens is 2. The smallest absolute Gasteiger partial charge is 0.268 e. The SMILES string of the molecule is CN(C(=O)c1ccccc1)c1ccc2c(c1)nc(NC(=O)c1ccc(C#N)s1)n2CCCN1CCCC1=O. The Bertz CT molecular complexity index is 1550. The summed E-state index contributed by atoms with van der Waals surface area (Å²) < 4.78 is 1.93. The van der Waals surface area contributed by atoms with Gasteiger partial charge in [-0.3, -0.25) is 19.7 Å². The maximum Gasteiger partial charge on any atom is 0.268 e. The Morgan fingerprint density at radius 2 is 1.95 bits per heavy atom. The zero-order valence-electron chi connectivity index (χ0n) is 20.9. The van der Waals surface area contributed by atoms with Gasteiger partial charge < -0.3 is 14.4 Å². The molecule has 9 nitrogen and oxygen atoms in total. The summed E-state index contributed by atoms with van der Waals surface area (Å²) in [6.07, 6.45) is 2.18. The lowest BCUT2D eigenvalue weighted by atomic mass is 10.2. The van der Waals surface area contributed by atoms with Crippen molar-refractivity contribution in [3.8, 4) is 6.07 Å². The van der Waals surface area contributed by atoms with Crippen molar-refractivity contribution in [2.45, 2.75) is 25.8 Å². The number of nitrogens with one attached hydrogen (secondary N) is 1. The molecule has 0 unspecified atom stereocenters. The molecule has 0 spiro atoms. The number of anilines is 2. The van der Waals surface area contributed by atoms with Crippen LogP contribution in [0.3, 0.4) is 0 Å². The number of nitrogens with zero attached hydrogens (tertiary/aromatic N) is 5. The van der Waals surface area contributed by atoms with Crippen LogP contribution in [-0.4, -0.2) is 52.3 Å². The van der Waals surface area contributed by atoms with Crippen molar-refractivity contribution in [1.82, 2.24) is 14.5 Å². The van der Waals surface area contributed by atoms with Crippen molar-refractivity contribution in [2.24, 2.45) is 0 Å². The first-order chi connectivity index (χ1) is 18.4. The third kappa shape index (κ3) is 5.14. The summed E-state index contributed by atoms with van der Waals surface area (Å²) in [5, 5.41) is 12.0. The minimum absolute atomic E-state index is 0.140. The Morgan fingerprint density at radius 3 is 2.66 bits per heavy atom. The summed E-state index contributed by atoms with van der Waals surface area (Å²) in [6.45, 7) is 1.95. The summed E-state index contributed by atoms with van der Waals surface area (Å²) in [4.78, 5) is 46.9. The van der Waals surface area contributed by atoms with Crippen LogP contribution in [0, 0.1) is 11.3 Å². The van der Waals surface area contributed by atoms with Crippen molar-refractivity contribution < 1.29 is 14.4 Å². The van der Waals surface area contributed by atoms with Gasteiger partial charge in [0.15, 0.2) is 0 Å². The Morgan fingerprint density at radius 1 is 1.13 bits per heavy atom. The number of thiophene rings is 1. The number of amides is 3. The van der Waals surface area contributed by atoms with E-state index in [-0.39, 0.29) is 17.7 Å². The molecule has 0 aliphatic carbocycles. The molecule has 0 bridgehead atoms. The second kappa shape index (κ2) is 10.9. The van der Waals surface area contributed by atoms with Gasteiger partial charge >= 0.3 is 0 Å². The fourth-order valence-electron chi connectivity index (χ4n) is 4.58. The molecule has 3 heterocycles. The molecule has 1 fully saturated rings. The van der Waals surface area contributed by atoms with Crippen LogP contribution in [0.5, 0.6) is 0 Å². The van der Waals surface area contributed by atoms with E-state index in [0.29, 0.717) is 58.4 Å². The normalized spacial score (nSPS) is 13.1. The Balaban J connectivity index is 1.43. The largest absolute Gasteiger partial charge is 0.343 e. The second-order valence-corrected chi connectivity index (χ2v) is 10.1. The number of hydrogen-bond acceptors (Lipinski definition) is 6. The summed E-state index contributed by atoms with van der Waals surface area (Å²) in [5.74, 6) is 0.0631. The molecule has 2 aromatic carbocycles. The van der Waals surface area contributed by atoms with E-state index in [2.05, 4.69) is 5.32 Å². The van der Waals surface area contributed by atoms with Crippen LogP contribution in [-0.2, 0) is 11.3 Å². The fraction of sp³-hybridized carbons (Fsp3) is 0.250. The quantitative estimate of drug-likeness (QED) is 0.363. The van der Waals surface area contributed by atoms with Gasteiger partial charge in [0.05, 0.1) is 15.9 Å². The van der Waals surface area contributed by atoms with Crippen LogP contribution in [0.15, 0.2) is 60.7 Å². The van der Waals surface area contributed by atoms with Gasteiger partial charge in [-0.25, -0.2) is 4.98 Å². The Hall–Kier alpha value is -4.49.